The van der Waals surface area contributed by atoms with Crippen LogP contribution < -0.4 is 0 Å². The van der Waals surface area contributed by atoms with E-state index in [0.717, 1.165) is 4.88 Å². The number of benzene rings is 1. The smallest absolute Gasteiger partial charge is 0.266 e. The van der Waals surface area contributed by atoms with E-state index in [1.807, 2.05) is 17.5 Å². The van der Waals surface area contributed by atoms with Gasteiger partial charge < -0.3 is 4.90 Å². The minimum atomic E-state index is -3.26. The van der Waals surface area contributed by atoms with Crippen LogP contribution in [0.25, 0.3) is 6.08 Å². The Kier molecular flexibility index (Phi) is 8.32. The first-order valence-electron chi connectivity index (χ1n) is 10.9. The van der Waals surface area contributed by atoms with Gasteiger partial charge in [-0.15, -0.1) is 11.3 Å². The average Bonchev–Trinajstić information content (AvgIpc) is 3.50. The van der Waals surface area contributed by atoms with Gasteiger partial charge in [-0.1, -0.05) is 47.7 Å². The molecule has 3 heterocycles. The highest BCUT2D eigenvalue weighted by atomic mass is 35.5. The van der Waals surface area contributed by atoms with Crippen molar-refractivity contribution in [3.63, 3.8) is 0 Å². The summed E-state index contributed by atoms with van der Waals surface area (Å²) >= 11 is 14.3. The molecule has 2 amide bonds. The Hall–Kier alpha value is -1.79. The van der Waals surface area contributed by atoms with Gasteiger partial charge in [0, 0.05) is 34.5 Å². The largest absolute Gasteiger partial charge is 0.334 e. The number of thioether (sulfide) groups is 1. The van der Waals surface area contributed by atoms with Crippen LogP contribution in [0.4, 0.5) is 4.39 Å². The topological polar surface area (TPSA) is 74.8 Å². The lowest BCUT2D eigenvalue weighted by Gasteiger charge is -2.29. The predicted octanol–water partition coefficient (Wildman–Crippen LogP) is 4.74. The Labute approximate surface area is 222 Å². The number of carbonyl (C=O) groups is 2. The normalized spacial score (nSPS) is 20.7. The molecule has 1 unspecified atom stereocenters. The van der Waals surface area contributed by atoms with Crippen molar-refractivity contribution >= 4 is 79.0 Å². The maximum atomic E-state index is 14.4. The Balaban J connectivity index is 1.42. The Morgan fingerprint density at radius 2 is 2.11 bits per heavy atom. The van der Waals surface area contributed by atoms with Gasteiger partial charge in [0.25, 0.3) is 5.91 Å². The standard InChI is InChI=1S/C23H22ClFN2O4S4/c24-18-5-1-6-19(25)17(18)13-27(15-8-11-35(30,31)14-15)21(28)7-2-9-26-22(29)20(34-23(26)32)12-16-4-3-10-33-16/h1,3-6,10,12,15H,2,7-9,11,13-14H2/b20-12-. The molecule has 0 bridgehead atoms. The third-order valence-corrected chi connectivity index (χ3v) is 10.1. The van der Waals surface area contributed by atoms with Crippen molar-refractivity contribution in [3.8, 4) is 0 Å². The summed E-state index contributed by atoms with van der Waals surface area (Å²) in [6, 6.07) is 7.53. The Morgan fingerprint density at radius 3 is 2.77 bits per heavy atom. The number of thiophene rings is 1. The maximum Gasteiger partial charge on any atom is 0.266 e. The lowest BCUT2D eigenvalue weighted by atomic mass is 10.1. The van der Waals surface area contributed by atoms with Crippen molar-refractivity contribution in [1.29, 1.82) is 0 Å². The highest BCUT2D eigenvalue weighted by Crippen LogP contribution is 2.33. The fraction of sp³-hybridized carbons (Fsp3) is 0.348. The number of carbonyl (C=O) groups excluding carboxylic acids is 2. The minimum absolute atomic E-state index is 0.0143. The fourth-order valence-corrected chi connectivity index (χ4v) is 8.01. The first kappa shape index (κ1) is 26.3. The van der Waals surface area contributed by atoms with E-state index in [2.05, 4.69) is 0 Å². The van der Waals surface area contributed by atoms with E-state index in [0.29, 0.717) is 22.1 Å². The van der Waals surface area contributed by atoms with E-state index in [4.69, 9.17) is 23.8 Å². The van der Waals surface area contributed by atoms with Crippen LogP contribution in [0.3, 0.4) is 0 Å². The van der Waals surface area contributed by atoms with Crippen LogP contribution in [0.2, 0.25) is 5.02 Å². The molecule has 1 atom stereocenters. The van der Waals surface area contributed by atoms with E-state index < -0.39 is 21.7 Å². The van der Waals surface area contributed by atoms with Gasteiger partial charge >= 0.3 is 0 Å². The monoisotopic (exact) mass is 572 g/mol. The van der Waals surface area contributed by atoms with Crippen molar-refractivity contribution in [2.45, 2.75) is 31.8 Å². The maximum absolute atomic E-state index is 14.4. The zero-order valence-electron chi connectivity index (χ0n) is 18.5. The number of amides is 2. The molecular formula is C23H22ClFN2O4S4. The predicted molar refractivity (Wildman–Crippen MR) is 142 cm³/mol. The Bertz CT molecular complexity index is 1260. The van der Waals surface area contributed by atoms with Gasteiger partial charge in [-0.3, -0.25) is 14.5 Å². The van der Waals surface area contributed by atoms with Crippen LogP contribution in [0.5, 0.6) is 0 Å². The van der Waals surface area contributed by atoms with Crippen LogP contribution in [-0.2, 0) is 26.0 Å². The summed E-state index contributed by atoms with van der Waals surface area (Å²) in [4.78, 5) is 30.4. The van der Waals surface area contributed by atoms with E-state index in [-0.39, 0.29) is 53.4 Å². The van der Waals surface area contributed by atoms with E-state index in [9.17, 15) is 22.4 Å². The van der Waals surface area contributed by atoms with Crippen LogP contribution in [-0.4, -0.2) is 58.4 Å². The molecule has 2 fully saturated rings. The molecule has 0 spiro atoms. The third kappa shape index (κ3) is 6.32. The first-order valence-corrected chi connectivity index (χ1v) is 15.2. The van der Waals surface area contributed by atoms with Gasteiger partial charge in [-0.25, -0.2) is 12.8 Å². The number of hydrogen-bond acceptors (Lipinski definition) is 7. The molecule has 2 saturated heterocycles. The molecule has 12 heteroatoms. The summed E-state index contributed by atoms with van der Waals surface area (Å²) < 4.78 is 39.0. The second-order valence-corrected chi connectivity index (χ2v) is 13.5. The fourth-order valence-electron chi connectivity index (χ4n) is 4.02. The summed E-state index contributed by atoms with van der Waals surface area (Å²) in [5, 5.41) is 2.10. The molecule has 0 saturated carbocycles. The highest BCUT2D eigenvalue weighted by molar-refractivity contribution is 8.26. The van der Waals surface area contributed by atoms with E-state index in [1.54, 1.807) is 6.08 Å². The zero-order chi connectivity index (χ0) is 25.2. The molecule has 0 radical (unpaired) electrons. The number of thiocarbonyl (C=S) groups is 1. The summed E-state index contributed by atoms with van der Waals surface area (Å²) in [5.74, 6) is -1.23. The van der Waals surface area contributed by atoms with Crippen molar-refractivity contribution < 1.29 is 22.4 Å². The Morgan fingerprint density at radius 1 is 1.31 bits per heavy atom. The number of nitrogens with zero attached hydrogens (tertiary/aromatic N) is 2. The van der Waals surface area contributed by atoms with Gasteiger partial charge in [0.15, 0.2) is 9.84 Å². The second kappa shape index (κ2) is 11.1. The van der Waals surface area contributed by atoms with Gasteiger partial charge in [0.2, 0.25) is 5.91 Å². The highest BCUT2D eigenvalue weighted by Gasteiger charge is 2.36. The van der Waals surface area contributed by atoms with E-state index >= 15 is 0 Å². The van der Waals surface area contributed by atoms with Gasteiger partial charge in [-0.2, -0.15) is 0 Å². The number of sulfone groups is 1. The summed E-state index contributed by atoms with van der Waals surface area (Å²) in [5.41, 5.74) is 0.155. The van der Waals surface area contributed by atoms with Crippen molar-refractivity contribution in [1.82, 2.24) is 9.80 Å². The summed E-state index contributed by atoms with van der Waals surface area (Å²) in [6.07, 6.45) is 2.49. The van der Waals surface area contributed by atoms with Gasteiger partial charge in [0.1, 0.15) is 10.1 Å². The molecule has 35 heavy (non-hydrogen) atoms. The minimum Gasteiger partial charge on any atom is -0.334 e. The SMILES string of the molecule is O=C1/C(=C/c2cccs2)SC(=S)N1CCCC(=O)N(Cc1c(F)cccc1Cl)C1CCS(=O)(=O)C1. The lowest BCUT2D eigenvalue weighted by Crippen LogP contribution is -2.41. The summed E-state index contributed by atoms with van der Waals surface area (Å²) in [6.45, 7) is 0.143. The molecule has 2 aliphatic rings. The number of rotatable bonds is 8. The van der Waals surface area contributed by atoms with Crippen LogP contribution in [0, 0.1) is 5.82 Å². The summed E-state index contributed by atoms with van der Waals surface area (Å²) in [7, 11) is -3.26. The van der Waals surface area contributed by atoms with E-state index in [1.165, 1.54) is 51.1 Å². The molecule has 1 aromatic heterocycles. The van der Waals surface area contributed by atoms with Crippen molar-refractivity contribution in [2.24, 2.45) is 0 Å². The second-order valence-electron chi connectivity index (χ2n) is 8.23. The quantitative estimate of drug-likeness (QED) is 0.336. The van der Waals surface area contributed by atoms with Crippen molar-refractivity contribution in [2.75, 3.05) is 18.1 Å². The van der Waals surface area contributed by atoms with Crippen LogP contribution >= 0.6 is 46.9 Å². The molecule has 6 nitrogen and oxygen atoms in total. The first-order chi connectivity index (χ1) is 16.6. The number of hydrogen-bond donors (Lipinski definition) is 0. The zero-order valence-corrected chi connectivity index (χ0v) is 22.5. The van der Waals surface area contributed by atoms with Crippen LogP contribution in [0.1, 0.15) is 29.7 Å². The lowest BCUT2D eigenvalue weighted by molar-refractivity contribution is -0.134. The molecule has 2 aliphatic heterocycles. The molecular weight excluding hydrogens is 551 g/mol. The van der Waals surface area contributed by atoms with Crippen molar-refractivity contribution in [3.05, 3.63) is 61.9 Å². The van der Waals surface area contributed by atoms with Gasteiger partial charge in [-0.05, 0) is 42.5 Å². The molecule has 0 aliphatic carbocycles. The molecule has 0 N–H and O–H groups in total. The van der Waals surface area contributed by atoms with Gasteiger partial charge in [0.05, 0.1) is 23.0 Å². The average molecular weight is 573 g/mol. The van der Waals surface area contributed by atoms with Crippen LogP contribution in [0.15, 0.2) is 40.6 Å². The molecule has 4 rings (SSSR count). The molecule has 1 aromatic carbocycles. The number of halogens is 2. The molecule has 2 aromatic rings. The molecule has 186 valence electrons. The third-order valence-electron chi connectivity index (χ3n) is 5.82.